The molecular weight excluding hydrogens is 340 g/mol. The predicted octanol–water partition coefficient (Wildman–Crippen LogP) is 2.02. The van der Waals surface area contributed by atoms with Crippen LogP contribution in [0.4, 0.5) is 0 Å². The summed E-state index contributed by atoms with van der Waals surface area (Å²) in [4.78, 5) is 23.6. The van der Waals surface area contributed by atoms with Gasteiger partial charge in [0.2, 0.25) is 0 Å². The van der Waals surface area contributed by atoms with E-state index in [-0.39, 0.29) is 12.3 Å². The highest BCUT2D eigenvalue weighted by Gasteiger charge is 2.37. The summed E-state index contributed by atoms with van der Waals surface area (Å²) < 4.78 is 7.94. The molecule has 0 unspecified atom stereocenters. The Bertz CT molecular complexity index is 535. The second-order valence-corrected chi connectivity index (χ2v) is 6.16. The van der Waals surface area contributed by atoms with E-state index in [4.69, 9.17) is 9.84 Å². The van der Waals surface area contributed by atoms with Gasteiger partial charge < -0.3 is 19.7 Å². The van der Waals surface area contributed by atoms with Crippen LogP contribution in [0, 0.1) is 0 Å². The SMILES string of the molecule is CCn1cc(Br)cc1C(=O)NC1(CC(=O)O)CCOCC1. The molecule has 0 saturated carbocycles. The highest BCUT2D eigenvalue weighted by Crippen LogP contribution is 2.26. The van der Waals surface area contributed by atoms with E-state index in [1.165, 1.54) is 0 Å². The maximum atomic E-state index is 12.5. The average Bonchev–Trinajstić information content (AvgIpc) is 2.80. The van der Waals surface area contributed by atoms with Crippen molar-refractivity contribution in [3.8, 4) is 0 Å². The van der Waals surface area contributed by atoms with Crippen molar-refractivity contribution in [2.45, 2.75) is 38.3 Å². The molecule has 2 rings (SSSR count). The molecule has 1 aliphatic rings. The third-order valence-corrected chi connectivity index (χ3v) is 4.19. The number of carbonyl (C=O) groups excluding carboxylic acids is 1. The number of ether oxygens (including phenoxy) is 1. The Morgan fingerprint density at radius 2 is 2.14 bits per heavy atom. The fraction of sp³-hybridized carbons (Fsp3) is 0.571. The van der Waals surface area contributed by atoms with E-state index in [1.54, 1.807) is 6.07 Å². The molecule has 1 amide bonds. The number of nitrogens with zero attached hydrogens (tertiary/aromatic N) is 1. The zero-order valence-electron chi connectivity index (χ0n) is 11.9. The minimum Gasteiger partial charge on any atom is -0.481 e. The molecule has 6 nitrogen and oxygen atoms in total. The second kappa shape index (κ2) is 6.62. The van der Waals surface area contributed by atoms with Crippen molar-refractivity contribution in [2.24, 2.45) is 0 Å². The smallest absolute Gasteiger partial charge is 0.305 e. The van der Waals surface area contributed by atoms with Gasteiger partial charge in [-0.3, -0.25) is 9.59 Å². The van der Waals surface area contributed by atoms with Crippen LogP contribution in [0.3, 0.4) is 0 Å². The zero-order valence-corrected chi connectivity index (χ0v) is 13.5. The van der Waals surface area contributed by atoms with Gasteiger partial charge in [-0.1, -0.05) is 0 Å². The van der Waals surface area contributed by atoms with Crippen LogP contribution in [0.15, 0.2) is 16.7 Å². The van der Waals surface area contributed by atoms with Crippen molar-refractivity contribution in [3.63, 3.8) is 0 Å². The molecule has 0 bridgehead atoms. The Kier molecular flexibility index (Phi) is 5.05. The van der Waals surface area contributed by atoms with Gasteiger partial charge in [-0.25, -0.2) is 0 Å². The van der Waals surface area contributed by atoms with Gasteiger partial charge in [0, 0.05) is 30.4 Å². The van der Waals surface area contributed by atoms with Crippen LogP contribution in [0.5, 0.6) is 0 Å². The maximum absolute atomic E-state index is 12.5. The summed E-state index contributed by atoms with van der Waals surface area (Å²) in [5.41, 5.74) is -0.197. The van der Waals surface area contributed by atoms with Crippen LogP contribution < -0.4 is 5.32 Å². The van der Waals surface area contributed by atoms with Crippen molar-refractivity contribution in [2.75, 3.05) is 13.2 Å². The third kappa shape index (κ3) is 3.85. The second-order valence-electron chi connectivity index (χ2n) is 5.25. The number of aliphatic carboxylic acids is 1. The first kappa shape index (κ1) is 16.0. The minimum absolute atomic E-state index is 0.0872. The fourth-order valence-corrected chi connectivity index (χ4v) is 3.09. The van der Waals surface area contributed by atoms with Gasteiger partial charge in [0.05, 0.1) is 12.0 Å². The molecule has 1 aliphatic heterocycles. The van der Waals surface area contributed by atoms with E-state index in [0.29, 0.717) is 38.3 Å². The van der Waals surface area contributed by atoms with E-state index in [0.717, 1.165) is 4.47 Å². The van der Waals surface area contributed by atoms with Gasteiger partial charge in [-0.15, -0.1) is 0 Å². The molecule has 0 radical (unpaired) electrons. The lowest BCUT2D eigenvalue weighted by Crippen LogP contribution is -2.53. The normalized spacial score (nSPS) is 17.4. The molecule has 0 spiro atoms. The molecule has 1 saturated heterocycles. The monoisotopic (exact) mass is 358 g/mol. The molecule has 21 heavy (non-hydrogen) atoms. The number of nitrogens with one attached hydrogen (secondary N) is 1. The standard InChI is InChI=1S/C14H19BrN2O4/c1-2-17-9-10(15)7-11(17)13(20)16-14(8-12(18)19)3-5-21-6-4-14/h7,9H,2-6,8H2,1H3,(H,16,20)(H,18,19). The number of hydrogen-bond donors (Lipinski definition) is 2. The van der Waals surface area contributed by atoms with Crippen LogP contribution in [0.1, 0.15) is 36.7 Å². The number of hydrogen-bond acceptors (Lipinski definition) is 3. The summed E-state index contributed by atoms with van der Waals surface area (Å²) in [6, 6.07) is 1.74. The van der Waals surface area contributed by atoms with Gasteiger partial charge in [-0.05, 0) is 41.8 Å². The van der Waals surface area contributed by atoms with E-state index in [9.17, 15) is 9.59 Å². The quantitative estimate of drug-likeness (QED) is 0.843. The number of carboxylic acid groups (broad SMARTS) is 1. The fourth-order valence-electron chi connectivity index (χ4n) is 2.63. The molecular formula is C14H19BrN2O4. The largest absolute Gasteiger partial charge is 0.481 e. The lowest BCUT2D eigenvalue weighted by atomic mass is 9.86. The Morgan fingerprint density at radius 1 is 1.48 bits per heavy atom. The number of aryl methyl sites for hydroxylation is 1. The Morgan fingerprint density at radius 3 is 2.71 bits per heavy atom. The molecule has 1 aromatic heterocycles. The predicted molar refractivity (Wildman–Crippen MR) is 80.3 cm³/mol. The van der Waals surface area contributed by atoms with Crippen LogP contribution in [-0.2, 0) is 16.1 Å². The molecule has 2 heterocycles. The first-order valence-electron chi connectivity index (χ1n) is 6.93. The summed E-state index contributed by atoms with van der Waals surface area (Å²) in [5.74, 6) is -1.16. The minimum atomic E-state index is -0.913. The highest BCUT2D eigenvalue weighted by molar-refractivity contribution is 9.10. The van der Waals surface area contributed by atoms with Crippen LogP contribution in [0.25, 0.3) is 0 Å². The summed E-state index contributed by atoms with van der Waals surface area (Å²) in [5, 5.41) is 12.0. The molecule has 0 aromatic carbocycles. The Balaban J connectivity index is 2.19. The molecule has 1 aromatic rings. The van der Waals surface area contributed by atoms with Crippen molar-refractivity contribution in [1.82, 2.24) is 9.88 Å². The van der Waals surface area contributed by atoms with E-state index >= 15 is 0 Å². The summed E-state index contributed by atoms with van der Waals surface area (Å²) in [7, 11) is 0. The molecule has 2 N–H and O–H groups in total. The van der Waals surface area contributed by atoms with E-state index in [2.05, 4.69) is 21.2 Å². The molecule has 7 heteroatoms. The number of rotatable bonds is 5. The summed E-state index contributed by atoms with van der Waals surface area (Å²) >= 11 is 3.36. The number of aromatic nitrogens is 1. The molecule has 116 valence electrons. The van der Waals surface area contributed by atoms with E-state index < -0.39 is 11.5 Å². The van der Waals surface area contributed by atoms with Crippen molar-refractivity contribution in [1.29, 1.82) is 0 Å². The lowest BCUT2D eigenvalue weighted by molar-refractivity contribution is -0.139. The number of halogens is 1. The number of amides is 1. The zero-order chi connectivity index (χ0) is 15.5. The maximum Gasteiger partial charge on any atom is 0.305 e. The van der Waals surface area contributed by atoms with E-state index in [1.807, 2.05) is 17.7 Å². The van der Waals surface area contributed by atoms with Gasteiger partial charge >= 0.3 is 5.97 Å². The van der Waals surface area contributed by atoms with Gasteiger partial charge in [0.15, 0.2) is 0 Å². The summed E-state index contributed by atoms with van der Waals surface area (Å²) in [6.07, 6.45) is 2.77. The summed E-state index contributed by atoms with van der Waals surface area (Å²) in [6.45, 7) is 3.55. The first-order chi connectivity index (χ1) is 9.96. The van der Waals surface area contributed by atoms with Crippen molar-refractivity contribution < 1.29 is 19.4 Å². The van der Waals surface area contributed by atoms with Crippen molar-refractivity contribution in [3.05, 3.63) is 22.4 Å². The Hall–Kier alpha value is -1.34. The molecule has 0 atom stereocenters. The van der Waals surface area contributed by atoms with Gasteiger partial charge in [0.1, 0.15) is 5.69 Å². The first-order valence-corrected chi connectivity index (χ1v) is 7.73. The average molecular weight is 359 g/mol. The van der Waals surface area contributed by atoms with Crippen LogP contribution >= 0.6 is 15.9 Å². The Labute approximate surface area is 131 Å². The van der Waals surface area contributed by atoms with Gasteiger partial charge in [-0.2, -0.15) is 0 Å². The molecule has 0 aliphatic carbocycles. The number of carboxylic acids is 1. The highest BCUT2D eigenvalue weighted by atomic mass is 79.9. The topological polar surface area (TPSA) is 80.6 Å². The van der Waals surface area contributed by atoms with Crippen LogP contribution in [0.2, 0.25) is 0 Å². The van der Waals surface area contributed by atoms with Gasteiger partial charge in [0.25, 0.3) is 5.91 Å². The van der Waals surface area contributed by atoms with Crippen LogP contribution in [-0.4, -0.2) is 40.3 Å². The number of carbonyl (C=O) groups is 2. The molecule has 1 fully saturated rings. The van der Waals surface area contributed by atoms with Crippen molar-refractivity contribution >= 4 is 27.8 Å². The lowest BCUT2D eigenvalue weighted by Gasteiger charge is -2.36. The third-order valence-electron chi connectivity index (χ3n) is 3.75.